The van der Waals surface area contributed by atoms with Gasteiger partial charge in [-0.25, -0.2) is 0 Å². The first kappa shape index (κ1) is 15.9. The number of nitrogens with zero attached hydrogens (tertiary/aromatic N) is 1. The van der Waals surface area contributed by atoms with Crippen LogP contribution in [-0.4, -0.2) is 61.5 Å². The minimum atomic E-state index is 0.123. The van der Waals surface area contributed by atoms with E-state index in [1.807, 2.05) is 0 Å². The normalized spacial score (nSPS) is 22.3. The van der Waals surface area contributed by atoms with Gasteiger partial charge in [0.2, 0.25) is 0 Å². The molecular weight excluding hydrogens is 228 g/mol. The minimum absolute atomic E-state index is 0.123. The maximum atomic E-state index is 8.64. The molecule has 0 amide bonds. The standard InChI is InChI=1S/C14H30N2O2/c1-14(2,3)15-11-13-5-4-6-16(12-13)7-9-18-10-8-17/h13,15,17H,4-12H2,1-3H3. The molecule has 1 rings (SSSR count). The molecule has 0 aromatic rings. The number of ether oxygens (including phenoxy) is 1. The summed E-state index contributed by atoms with van der Waals surface area (Å²) in [6.07, 6.45) is 2.62. The molecule has 0 saturated carbocycles. The predicted molar refractivity (Wildman–Crippen MR) is 74.8 cm³/mol. The van der Waals surface area contributed by atoms with Crippen LogP contribution in [-0.2, 0) is 4.74 Å². The molecule has 18 heavy (non-hydrogen) atoms. The molecule has 1 aliphatic heterocycles. The SMILES string of the molecule is CC(C)(C)NCC1CCCN(CCOCCO)C1. The molecule has 0 aromatic heterocycles. The molecule has 1 atom stereocenters. The molecule has 1 aliphatic rings. The lowest BCUT2D eigenvalue weighted by Crippen LogP contribution is -2.45. The van der Waals surface area contributed by atoms with E-state index in [2.05, 4.69) is 31.0 Å². The molecule has 0 aromatic carbocycles. The van der Waals surface area contributed by atoms with Gasteiger partial charge >= 0.3 is 0 Å². The van der Waals surface area contributed by atoms with E-state index in [0.717, 1.165) is 25.6 Å². The van der Waals surface area contributed by atoms with E-state index in [1.165, 1.54) is 25.9 Å². The van der Waals surface area contributed by atoms with Crippen molar-refractivity contribution >= 4 is 0 Å². The molecule has 1 heterocycles. The Morgan fingerprint density at radius 2 is 2.11 bits per heavy atom. The summed E-state index contributed by atoms with van der Waals surface area (Å²) < 4.78 is 5.33. The Morgan fingerprint density at radius 1 is 1.33 bits per heavy atom. The lowest BCUT2D eigenvalue weighted by atomic mass is 9.96. The van der Waals surface area contributed by atoms with E-state index in [-0.39, 0.29) is 12.1 Å². The van der Waals surface area contributed by atoms with Crippen molar-refractivity contribution in [2.24, 2.45) is 5.92 Å². The molecule has 4 heteroatoms. The third kappa shape index (κ3) is 7.31. The van der Waals surface area contributed by atoms with Gasteiger partial charge in [0.05, 0.1) is 19.8 Å². The van der Waals surface area contributed by atoms with Crippen molar-refractivity contribution in [3.63, 3.8) is 0 Å². The zero-order valence-corrected chi connectivity index (χ0v) is 12.2. The van der Waals surface area contributed by atoms with Gasteiger partial charge in [0.15, 0.2) is 0 Å². The topological polar surface area (TPSA) is 44.7 Å². The summed E-state index contributed by atoms with van der Waals surface area (Å²) in [5, 5.41) is 12.2. The monoisotopic (exact) mass is 258 g/mol. The first-order chi connectivity index (χ1) is 8.51. The highest BCUT2D eigenvalue weighted by Crippen LogP contribution is 2.16. The van der Waals surface area contributed by atoms with E-state index >= 15 is 0 Å². The average molecular weight is 258 g/mol. The fourth-order valence-corrected chi connectivity index (χ4v) is 2.33. The van der Waals surface area contributed by atoms with Crippen LogP contribution in [0.15, 0.2) is 0 Å². The summed E-state index contributed by atoms with van der Waals surface area (Å²) in [5.74, 6) is 0.760. The number of hydrogen-bond acceptors (Lipinski definition) is 4. The lowest BCUT2D eigenvalue weighted by Gasteiger charge is -2.34. The van der Waals surface area contributed by atoms with Gasteiger partial charge in [-0.1, -0.05) is 0 Å². The third-order valence-corrected chi connectivity index (χ3v) is 3.31. The van der Waals surface area contributed by atoms with Crippen molar-refractivity contribution in [1.82, 2.24) is 10.2 Å². The third-order valence-electron chi connectivity index (χ3n) is 3.31. The number of aliphatic hydroxyl groups excluding tert-OH is 1. The molecule has 0 bridgehead atoms. The molecule has 4 nitrogen and oxygen atoms in total. The molecule has 108 valence electrons. The molecule has 1 unspecified atom stereocenters. The molecule has 0 radical (unpaired) electrons. The molecule has 1 saturated heterocycles. The predicted octanol–water partition coefficient (Wildman–Crippen LogP) is 1.10. The summed E-state index contributed by atoms with van der Waals surface area (Å²) in [6.45, 7) is 12.4. The number of rotatable bonds is 7. The fraction of sp³-hybridized carbons (Fsp3) is 1.00. The minimum Gasteiger partial charge on any atom is -0.394 e. The first-order valence-corrected chi connectivity index (χ1v) is 7.17. The summed E-state index contributed by atoms with van der Waals surface area (Å²) in [4.78, 5) is 2.48. The highest BCUT2D eigenvalue weighted by atomic mass is 16.5. The molecule has 0 spiro atoms. The van der Waals surface area contributed by atoms with Crippen molar-refractivity contribution in [2.45, 2.75) is 39.2 Å². The van der Waals surface area contributed by atoms with Crippen molar-refractivity contribution in [2.75, 3.05) is 46.0 Å². The largest absolute Gasteiger partial charge is 0.394 e. The van der Waals surface area contributed by atoms with E-state index < -0.39 is 0 Å². The van der Waals surface area contributed by atoms with Crippen LogP contribution in [0.1, 0.15) is 33.6 Å². The van der Waals surface area contributed by atoms with E-state index in [0.29, 0.717) is 6.61 Å². The fourth-order valence-electron chi connectivity index (χ4n) is 2.33. The molecule has 2 N–H and O–H groups in total. The Labute approximate surface area is 112 Å². The van der Waals surface area contributed by atoms with Gasteiger partial charge in [-0.3, -0.25) is 0 Å². The average Bonchev–Trinajstić information content (AvgIpc) is 2.32. The number of aliphatic hydroxyl groups is 1. The van der Waals surface area contributed by atoms with Crippen molar-refractivity contribution in [1.29, 1.82) is 0 Å². The van der Waals surface area contributed by atoms with Crippen LogP contribution in [0.3, 0.4) is 0 Å². The zero-order chi connectivity index (χ0) is 13.4. The van der Waals surface area contributed by atoms with Gasteiger partial charge in [0.25, 0.3) is 0 Å². The number of likely N-dealkylation sites (tertiary alicyclic amines) is 1. The van der Waals surface area contributed by atoms with Gasteiger partial charge in [0, 0.05) is 18.6 Å². The van der Waals surface area contributed by atoms with Crippen molar-refractivity contribution in [3.05, 3.63) is 0 Å². The second-order valence-electron chi connectivity index (χ2n) is 6.28. The summed E-state index contributed by atoms with van der Waals surface area (Å²) in [7, 11) is 0. The van der Waals surface area contributed by atoms with Crippen LogP contribution in [0.2, 0.25) is 0 Å². The summed E-state index contributed by atoms with van der Waals surface area (Å²) in [6, 6.07) is 0. The molecular formula is C14H30N2O2. The Balaban J connectivity index is 2.15. The highest BCUT2D eigenvalue weighted by Gasteiger charge is 2.21. The maximum Gasteiger partial charge on any atom is 0.0698 e. The van der Waals surface area contributed by atoms with Crippen LogP contribution in [0.25, 0.3) is 0 Å². The van der Waals surface area contributed by atoms with Gasteiger partial charge in [0.1, 0.15) is 0 Å². The highest BCUT2D eigenvalue weighted by molar-refractivity contribution is 4.78. The van der Waals surface area contributed by atoms with Crippen LogP contribution >= 0.6 is 0 Å². The second-order valence-corrected chi connectivity index (χ2v) is 6.28. The smallest absolute Gasteiger partial charge is 0.0698 e. The van der Waals surface area contributed by atoms with E-state index in [4.69, 9.17) is 9.84 Å². The van der Waals surface area contributed by atoms with Crippen LogP contribution in [0.5, 0.6) is 0 Å². The van der Waals surface area contributed by atoms with Crippen LogP contribution < -0.4 is 5.32 Å². The molecule has 1 fully saturated rings. The Kier molecular flexibility index (Phi) is 7.15. The van der Waals surface area contributed by atoms with Gasteiger partial charge in [-0.2, -0.15) is 0 Å². The van der Waals surface area contributed by atoms with Gasteiger partial charge < -0.3 is 20.1 Å². The lowest BCUT2D eigenvalue weighted by molar-refractivity contribution is 0.0620. The Bertz CT molecular complexity index is 216. The maximum absolute atomic E-state index is 8.64. The number of hydrogen-bond donors (Lipinski definition) is 2. The van der Waals surface area contributed by atoms with Crippen molar-refractivity contribution in [3.8, 4) is 0 Å². The summed E-state index contributed by atoms with van der Waals surface area (Å²) in [5.41, 5.74) is 0.215. The molecule has 0 aliphatic carbocycles. The van der Waals surface area contributed by atoms with Crippen molar-refractivity contribution < 1.29 is 9.84 Å². The first-order valence-electron chi connectivity index (χ1n) is 7.17. The number of piperidine rings is 1. The second kappa shape index (κ2) is 8.10. The van der Waals surface area contributed by atoms with E-state index in [9.17, 15) is 0 Å². The van der Waals surface area contributed by atoms with Crippen LogP contribution in [0.4, 0.5) is 0 Å². The van der Waals surface area contributed by atoms with Gasteiger partial charge in [-0.15, -0.1) is 0 Å². The zero-order valence-electron chi connectivity index (χ0n) is 12.2. The Hall–Kier alpha value is -0.160. The summed E-state index contributed by atoms with van der Waals surface area (Å²) >= 11 is 0. The van der Waals surface area contributed by atoms with Crippen LogP contribution in [0, 0.1) is 5.92 Å². The number of nitrogens with one attached hydrogen (secondary N) is 1. The van der Waals surface area contributed by atoms with E-state index in [1.54, 1.807) is 0 Å². The van der Waals surface area contributed by atoms with Gasteiger partial charge in [-0.05, 0) is 52.6 Å². The quantitative estimate of drug-likeness (QED) is 0.671. The Morgan fingerprint density at radius 3 is 2.78 bits per heavy atom.